The Morgan fingerprint density at radius 2 is 1.88 bits per heavy atom. The number of hydrogen-bond donors (Lipinski definition) is 2. The number of carboxylic acid groups (broad SMARTS) is 1. The minimum atomic E-state index is -3.47. The summed E-state index contributed by atoms with van der Waals surface area (Å²) in [5.74, 6) is -1.20. The van der Waals surface area contributed by atoms with Gasteiger partial charge in [0.1, 0.15) is 0 Å². The predicted octanol–water partition coefficient (Wildman–Crippen LogP) is 2.06. The van der Waals surface area contributed by atoms with E-state index in [1.807, 2.05) is 0 Å². The summed E-state index contributed by atoms with van der Waals surface area (Å²) >= 11 is 3.24. The van der Waals surface area contributed by atoms with Crippen LogP contribution in [0.5, 0.6) is 0 Å². The predicted molar refractivity (Wildman–Crippen MR) is 68.4 cm³/mol. The lowest BCUT2D eigenvalue weighted by Crippen LogP contribution is -2.17. The van der Waals surface area contributed by atoms with Crippen molar-refractivity contribution in [3.8, 4) is 0 Å². The Hall–Kier alpha value is -1.08. The largest absolute Gasteiger partial charge is 0.481 e. The van der Waals surface area contributed by atoms with Gasteiger partial charge in [0.25, 0.3) is 0 Å². The van der Waals surface area contributed by atoms with Gasteiger partial charge in [-0.05, 0) is 30.7 Å². The molecule has 0 aliphatic rings. The summed E-state index contributed by atoms with van der Waals surface area (Å²) in [7, 11) is -3.47. The highest BCUT2D eigenvalue weighted by atomic mass is 79.9. The van der Waals surface area contributed by atoms with Crippen molar-refractivity contribution in [2.45, 2.75) is 12.8 Å². The van der Waals surface area contributed by atoms with Crippen LogP contribution in [-0.4, -0.2) is 25.2 Å². The van der Waals surface area contributed by atoms with Crippen LogP contribution in [0.25, 0.3) is 0 Å². The first kappa shape index (κ1) is 14.0. The molecule has 0 fully saturated rings. The van der Waals surface area contributed by atoms with Gasteiger partial charge in [-0.3, -0.25) is 9.52 Å². The molecule has 0 aliphatic heterocycles. The van der Waals surface area contributed by atoms with Crippen molar-refractivity contribution in [1.82, 2.24) is 0 Å². The second kappa shape index (κ2) is 6.02. The molecule has 0 saturated carbocycles. The molecule has 0 unspecified atom stereocenters. The third kappa shape index (κ3) is 5.69. The van der Waals surface area contributed by atoms with Gasteiger partial charge in [0.2, 0.25) is 10.0 Å². The van der Waals surface area contributed by atoms with Crippen molar-refractivity contribution in [2.24, 2.45) is 0 Å². The Kier molecular flexibility index (Phi) is 4.95. The van der Waals surface area contributed by atoms with Crippen molar-refractivity contribution < 1.29 is 18.3 Å². The fraction of sp³-hybridized carbons (Fsp3) is 0.300. The van der Waals surface area contributed by atoms with Crippen LogP contribution in [0, 0.1) is 0 Å². The molecule has 0 atom stereocenters. The summed E-state index contributed by atoms with van der Waals surface area (Å²) in [5.41, 5.74) is 0.462. The molecule has 0 aliphatic carbocycles. The maximum Gasteiger partial charge on any atom is 0.303 e. The third-order valence-corrected chi connectivity index (χ3v) is 3.82. The number of aliphatic carboxylic acids is 1. The van der Waals surface area contributed by atoms with E-state index in [1.165, 1.54) is 0 Å². The van der Waals surface area contributed by atoms with Crippen molar-refractivity contribution >= 4 is 37.6 Å². The highest BCUT2D eigenvalue weighted by Crippen LogP contribution is 2.15. The molecule has 0 spiro atoms. The molecule has 0 aromatic heterocycles. The van der Waals surface area contributed by atoms with Gasteiger partial charge in [0.15, 0.2) is 0 Å². The Balaban J connectivity index is 2.54. The topological polar surface area (TPSA) is 83.5 Å². The zero-order valence-corrected chi connectivity index (χ0v) is 11.3. The Morgan fingerprint density at radius 3 is 2.41 bits per heavy atom. The zero-order valence-electron chi connectivity index (χ0n) is 8.89. The van der Waals surface area contributed by atoms with Crippen LogP contribution in [-0.2, 0) is 14.8 Å². The van der Waals surface area contributed by atoms with E-state index in [1.54, 1.807) is 24.3 Å². The molecule has 0 radical (unpaired) electrons. The number of benzene rings is 1. The van der Waals surface area contributed by atoms with Crippen LogP contribution in [0.4, 0.5) is 5.69 Å². The lowest BCUT2D eigenvalue weighted by molar-refractivity contribution is -0.137. The van der Waals surface area contributed by atoms with E-state index in [0.29, 0.717) is 5.69 Å². The van der Waals surface area contributed by atoms with E-state index in [2.05, 4.69) is 20.7 Å². The maximum absolute atomic E-state index is 11.6. The van der Waals surface area contributed by atoms with E-state index in [4.69, 9.17) is 5.11 Å². The Morgan fingerprint density at radius 1 is 1.29 bits per heavy atom. The normalized spacial score (nSPS) is 11.1. The van der Waals surface area contributed by atoms with E-state index >= 15 is 0 Å². The SMILES string of the molecule is O=C(O)CCCS(=O)(=O)Nc1ccc(Br)cc1. The summed E-state index contributed by atoms with van der Waals surface area (Å²) in [4.78, 5) is 10.3. The van der Waals surface area contributed by atoms with Gasteiger partial charge in [0, 0.05) is 16.6 Å². The van der Waals surface area contributed by atoms with E-state index in [9.17, 15) is 13.2 Å². The van der Waals surface area contributed by atoms with Gasteiger partial charge in [-0.2, -0.15) is 0 Å². The molecule has 5 nitrogen and oxygen atoms in total. The molecule has 2 N–H and O–H groups in total. The molecule has 17 heavy (non-hydrogen) atoms. The van der Waals surface area contributed by atoms with Gasteiger partial charge in [-0.25, -0.2) is 8.42 Å². The minimum absolute atomic E-state index is 0.0984. The molecule has 94 valence electrons. The number of anilines is 1. The Bertz CT molecular complexity index is 484. The van der Waals surface area contributed by atoms with E-state index < -0.39 is 16.0 Å². The average Bonchev–Trinajstić information content (AvgIpc) is 2.20. The van der Waals surface area contributed by atoms with Crippen LogP contribution in [0.3, 0.4) is 0 Å². The highest BCUT2D eigenvalue weighted by Gasteiger charge is 2.11. The quantitative estimate of drug-likeness (QED) is 0.840. The first-order valence-corrected chi connectivity index (χ1v) is 7.31. The first-order valence-electron chi connectivity index (χ1n) is 4.87. The molecule has 0 amide bonds. The summed E-state index contributed by atoms with van der Waals surface area (Å²) < 4.78 is 26.3. The lowest BCUT2D eigenvalue weighted by atomic mass is 10.3. The minimum Gasteiger partial charge on any atom is -0.481 e. The van der Waals surface area contributed by atoms with Gasteiger partial charge >= 0.3 is 5.97 Å². The molecular formula is C10H12BrNO4S. The highest BCUT2D eigenvalue weighted by molar-refractivity contribution is 9.10. The zero-order chi connectivity index (χ0) is 12.9. The molecule has 0 bridgehead atoms. The number of carboxylic acids is 1. The Labute approximate surface area is 108 Å². The standard InChI is InChI=1S/C10H12BrNO4S/c11-8-3-5-9(6-4-8)12-17(15,16)7-1-2-10(13)14/h3-6,12H,1-2,7H2,(H,13,14). The van der Waals surface area contributed by atoms with Crippen LogP contribution >= 0.6 is 15.9 Å². The van der Waals surface area contributed by atoms with Gasteiger partial charge in [0.05, 0.1) is 5.75 Å². The third-order valence-electron chi connectivity index (χ3n) is 1.92. The molecule has 0 heterocycles. The second-order valence-electron chi connectivity index (χ2n) is 3.43. The number of carbonyl (C=O) groups is 1. The lowest BCUT2D eigenvalue weighted by Gasteiger charge is -2.07. The van der Waals surface area contributed by atoms with Crippen LogP contribution < -0.4 is 4.72 Å². The second-order valence-corrected chi connectivity index (χ2v) is 6.18. The van der Waals surface area contributed by atoms with Crippen LogP contribution in [0.2, 0.25) is 0 Å². The number of hydrogen-bond acceptors (Lipinski definition) is 3. The fourth-order valence-electron chi connectivity index (χ4n) is 1.16. The van der Waals surface area contributed by atoms with Gasteiger partial charge in [-0.1, -0.05) is 15.9 Å². The average molecular weight is 322 g/mol. The van der Waals surface area contributed by atoms with Crippen molar-refractivity contribution in [3.63, 3.8) is 0 Å². The van der Waals surface area contributed by atoms with Gasteiger partial charge in [-0.15, -0.1) is 0 Å². The first-order chi connectivity index (χ1) is 7.89. The molecule has 1 aromatic rings. The number of nitrogens with one attached hydrogen (secondary N) is 1. The summed E-state index contributed by atoms with van der Waals surface area (Å²) in [5, 5.41) is 8.41. The van der Waals surface area contributed by atoms with Crippen molar-refractivity contribution in [3.05, 3.63) is 28.7 Å². The fourth-order valence-corrected chi connectivity index (χ4v) is 2.55. The number of rotatable bonds is 6. The van der Waals surface area contributed by atoms with Crippen LogP contribution in [0.15, 0.2) is 28.7 Å². The van der Waals surface area contributed by atoms with E-state index in [0.717, 1.165) is 4.47 Å². The monoisotopic (exact) mass is 321 g/mol. The molecular weight excluding hydrogens is 310 g/mol. The summed E-state index contributed by atoms with van der Waals surface area (Å²) in [6.45, 7) is 0. The molecule has 0 saturated heterocycles. The summed E-state index contributed by atoms with van der Waals surface area (Å²) in [6.07, 6.45) is -0.0531. The smallest absolute Gasteiger partial charge is 0.303 e. The van der Waals surface area contributed by atoms with Crippen LogP contribution in [0.1, 0.15) is 12.8 Å². The number of sulfonamides is 1. The number of halogens is 1. The molecule has 1 rings (SSSR count). The van der Waals surface area contributed by atoms with Gasteiger partial charge < -0.3 is 5.11 Å². The van der Waals surface area contributed by atoms with Crippen molar-refractivity contribution in [1.29, 1.82) is 0 Å². The summed E-state index contributed by atoms with van der Waals surface area (Å²) in [6, 6.07) is 6.68. The molecule has 1 aromatic carbocycles. The van der Waals surface area contributed by atoms with E-state index in [-0.39, 0.29) is 18.6 Å². The van der Waals surface area contributed by atoms with Crippen molar-refractivity contribution in [2.75, 3.05) is 10.5 Å². The maximum atomic E-state index is 11.6. The molecule has 7 heteroatoms.